The van der Waals surface area contributed by atoms with Gasteiger partial charge in [0.15, 0.2) is 0 Å². The zero-order valence-corrected chi connectivity index (χ0v) is 10.7. The first-order valence-corrected chi connectivity index (χ1v) is 6.14. The Labute approximate surface area is 112 Å². The molecule has 0 saturated carbocycles. The molecule has 2 N–H and O–H groups in total. The minimum Gasteiger partial charge on any atom is -0.507 e. The molecule has 19 heavy (non-hydrogen) atoms. The molecule has 6 heteroatoms. The van der Waals surface area contributed by atoms with Crippen LogP contribution in [0.1, 0.15) is 20.0 Å². The molecule has 0 atom stereocenters. The molecule has 0 saturated heterocycles. The van der Waals surface area contributed by atoms with Crippen LogP contribution in [0.4, 0.5) is 0 Å². The van der Waals surface area contributed by atoms with Crippen molar-refractivity contribution in [2.24, 2.45) is 0 Å². The van der Waals surface area contributed by atoms with E-state index in [1.54, 1.807) is 11.4 Å². The number of benzene rings is 1. The van der Waals surface area contributed by atoms with E-state index in [1.807, 2.05) is 0 Å². The molecule has 0 aliphatic heterocycles. The molecule has 0 spiro atoms. The summed E-state index contributed by atoms with van der Waals surface area (Å²) in [4.78, 5) is 22.5. The molecule has 0 bridgehead atoms. The number of esters is 1. The van der Waals surface area contributed by atoms with Gasteiger partial charge in [-0.1, -0.05) is 0 Å². The second kappa shape index (κ2) is 5.11. The van der Waals surface area contributed by atoms with Gasteiger partial charge in [0.1, 0.15) is 10.6 Å². The van der Waals surface area contributed by atoms with Crippen LogP contribution >= 0.6 is 11.3 Å². The highest BCUT2D eigenvalue weighted by Crippen LogP contribution is 2.33. The molecule has 1 heterocycles. The third kappa shape index (κ3) is 2.58. The van der Waals surface area contributed by atoms with E-state index in [0.717, 1.165) is 0 Å². The van der Waals surface area contributed by atoms with Crippen LogP contribution in [0.15, 0.2) is 29.6 Å². The molecule has 0 unspecified atom stereocenters. The summed E-state index contributed by atoms with van der Waals surface area (Å²) in [5.74, 6) is -1.70. The van der Waals surface area contributed by atoms with Crippen molar-refractivity contribution in [1.82, 2.24) is 0 Å². The van der Waals surface area contributed by atoms with Gasteiger partial charge in [0, 0.05) is 5.56 Å². The van der Waals surface area contributed by atoms with Gasteiger partial charge < -0.3 is 14.9 Å². The first-order chi connectivity index (χ1) is 9.02. The van der Waals surface area contributed by atoms with Gasteiger partial charge in [-0.2, -0.15) is 0 Å². The summed E-state index contributed by atoms with van der Waals surface area (Å²) in [5.41, 5.74) is 1.11. The van der Waals surface area contributed by atoms with Crippen LogP contribution in [0.3, 0.4) is 0 Å². The van der Waals surface area contributed by atoms with Gasteiger partial charge in [-0.25, -0.2) is 9.59 Å². The normalized spacial score (nSPS) is 10.2. The maximum atomic E-state index is 11.3. The summed E-state index contributed by atoms with van der Waals surface area (Å²) in [6.07, 6.45) is 0. The Bertz CT molecular complexity index is 644. The van der Waals surface area contributed by atoms with Crippen LogP contribution in [0.25, 0.3) is 11.1 Å². The highest BCUT2D eigenvalue weighted by Gasteiger charge is 2.13. The number of ether oxygens (including phenoxy) is 1. The van der Waals surface area contributed by atoms with Crippen molar-refractivity contribution in [3.05, 3.63) is 40.1 Å². The number of thiophene rings is 1. The SMILES string of the molecule is COC(=O)c1cc(-c2ccc(C(=O)O)cc2O)cs1. The summed E-state index contributed by atoms with van der Waals surface area (Å²) >= 11 is 1.19. The van der Waals surface area contributed by atoms with Gasteiger partial charge in [-0.3, -0.25) is 0 Å². The zero-order valence-electron chi connectivity index (χ0n) is 9.91. The Hall–Kier alpha value is -2.34. The van der Waals surface area contributed by atoms with Crippen LogP contribution < -0.4 is 0 Å². The molecule has 5 nitrogen and oxygen atoms in total. The molecule has 0 radical (unpaired) electrons. The summed E-state index contributed by atoms with van der Waals surface area (Å²) < 4.78 is 4.60. The number of carboxylic acid groups (broad SMARTS) is 1. The van der Waals surface area contributed by atoms with E-state index < -0.39 is 11.9 Å². The van der Waals surface area contributed by atoms with Crippen molar-refractivity contribution in [3.8, 4) is 16.9 Å². The first kappa shape index (κ1) is 13.1. The lowest BCUT2D eigenvalue weighted by molar-refractivity contribution is 0.0605. The minimum absolute atomic E-state index is 0.00432. The Balaban J connectivity index is 2.39. The van der Waals surface area contributed by atoms with Crippen molar-refractivity contribution in [2.75, 3.05) is 7.11 Å². The molecule has 1 aromatic carbocycles. The number of aromatic carboxylic acids is 1. The van der Waals surface area contributed by atoms with E-state index in [-0.39, 0.29) is 11.3 Å². The van der Waals surface area contributed by atoms with Crippen molar-refractivity contribution < 1.29 is 24.5 Å². The van der Waals surface area contributed by atoms with Crippen LogP contribution in [0.2, 0.25) is 0 Å². The van der Waals surface area contributed by atoms with E-state index in [2.05, 4.69) is 4.74 Å². The number of phenols is 1. The Morgan fingerprint density at radius 2 is 2.00 bits per heavy atom. The average Bonchev–Trinajstić information content (AvgIpc) is 2.87. The molecule has 98 valence electrons. The molecule has 1 aromatic heterocycles. The van der Waals surface area contributed by atoms with E-state index in [1.165, 1.54) is 36.6 Å². The molecule has 0 fully saturated rings. The Kier molecular flexibility index (Phi) is 3.52. The number of aromatic hydroxyl groups is 1. The number of hydrogen-bond acceptors (Lipinski definition) is 5. The standard InChI is InChI=1S/C13H10O5S/c1-18-13(17)11-5-8(6-19-11)9-3-2-7(12(15)16)4-10(9)14/h2-6,14H,1H3,(H,15,16). The van der Waals surface area contributed by atoms with Gasteiger partial charge in [0.2, 0.25) is 0 Å². The van der Waals surface area contributed by atoms with E-state index in [4.69, 9.17) is 5.11 Å². The fourth-order valence-electron chi connectivity index (χ4n) is 1.59. The highest BCUT2D eigenvalue weighted by atomic mass is 32.1. The van der Waals surface area contributed by atoms with Gasteiger partial charge >= 0.3 is 11.9 Å². The maximum Gasteiger partial charge on any atom is 0.348 e. The molecule has 2 aromatic rings. The number of methoxy groups -OCH3 is 1. The van der Waals surface area contributed by atoms with Crippen molar-refractivity contribution in [1.29, 1.82) is 0 Å². The van der Waals surface area contributed by atoms with Crippen molar-refractivity contribution in [3.63, 3.8) is 0 Å². The fourth-order valence-corrected chi connectivity index (χ4v) is 2.42. The van der Waals surface area contributed by atoms with Gasteiger partial charge in [0.25, 0.3) is 0 Å². The number of carboxylic acids is 1. The molecule has 2 rings (SSSR count). The molecule has 0 aliphatic rings. The van der Waals surface area contributed by atoms with Gasteiger partial charge in [0.05, 0.1) is 12.7 Å². The zero-order chi connectivity index (χ0) is 14.0. The molecular formula is C13H10O5S. The van der Waals surface area contributed by atoms with E-state index in [9.17, 15) is 14.7 Å². The monoisotopic (exact) mass is 278 g/mol. The molecule has 0 aliphatic carbocycles. The second-order valence-electron chi connectivity index (χ2n) is 3.73. The predicted molar refractivity (Wildman–Crippen MR) is 69.7 cm³/mol. The lowest BCUT2D eigenvalue weighted by Gasteiger charge is -2.03. The van der Waals surface area contributed by atoms with Crippen LogP contribution in [-0.4, -0.2) is 29.3 Å². The maximum absolute atomic E-state index is 11.3. The number of carbonyl (C=O) groups is 2. The Morgan fingerprint density at radius 1 is 1.26 bits per heavy atom. The minimum atomic E-state index is -1.11. The Morgan fingerprint density at radius 3 is 2.58 bits per heavy atom. The average molecular weight is 278 g/mol. The predicted octanol–water partition coefficient (Wildman–Crippen LogP) is 2.61. The summed E-state index contributed by atoms with van der Waals surface area (Å²) in [6, 6.07) is 5.66. The number of rotatable bonds is 3. The van der Waals surface area contributed by atoms with Crippen LogP contribution in [0.5, 0.6) is 5.75 Å². The molecule has 0 amide bonds. The van der Waals surface area contributed by atoms with Crippen LogP contribution in [0, 0.1) is 0 Å². The van der Waals surface area contributed by atoms with Crippen LogP contribution in [-0.2, 0) is 4.74 Å². The quantitative estimate of drug-likeness (QED) is 0.843. The number of carbonyl (C=O) groups excluding carboxylic acids is 1. The highest BCUT2D eigenvalue weighted by molar-refractivity contribution is 7.12. The van der Waals surface area contributed by atoms with Gasteiger partial charge in [-0.05, 0) is 35.2 Å². The van der Waals surface area contributed by atoms with Crippen molar-refractivity contribution >= 4 is 23.3 Å². The summed E-state index contributed by atoms with van der Waals surface area (Å²) in [5, 5.41) is 20.3. The topological polar surface area (TPSA) is 83.8 Å². The van der Waals surface area contributed by atoms with E-state index >= 15 is 0 Å². The van der Waals surface area contributed by atoms with Crippen molar-refractivity contribution in [2.45, 2.75) is 0 Å². The second-order valence-corrected chi connectivity index (χ2v) is 4.64. The number of phenolic OH excluding ortho intramolecular Hbond substituents is 1. The van der Waals surface area contributed by atoms with E-state index in [0.29, 0.717) is 16.0 Å². The first-order valence-electron chi connectivity index (χ1n) is 5.26. The third-order valence-corrected chi connectivity index (χ3v) is 3.45. The smallest absolute Gasteiger partial charge is 0.348 e. The molecular weight excluding hydrogens is 268 g/mol. The third-order valence-electron chi connectivity index (χ3n) is 2.54. The lowest BCUT2D eigenvalue weighted by atomic mass is 10.1. The summed E-state index contributed by atoms with van der Waals surface area (Å²) in [6.45, 7) is 0. The largest absolute Gasteiger partial charge is 0.507 e. The lowest BCUT2D eigenvalue weighted by Crippen LogP contribution is -1.97. The number of hydrogen-bond donors (Lipinski definition) is 2. The summed E-state index contributed by atoms with van der Waals surface area (Å²) in [7, 11) is 1.29. The fraction of sp³-hybridized carbons (Fsp3) is 0.0769. The van der Waals surface area contributed by atoms with Gasteiger partial charge in [-0.15, -0.1) is 11.3 Å².